The van der Waals surface area contributed by atoms with Crippen LogP contribution in [0.1, 0.15) is 59.7 Å². The first kappa shape index (κ1) is 40.6. The molecule has 3 nitrogen and oxygen atoms in total. The maximum atomic E-state index is 6.58. The van der Waals surface area contributed by atoms with E-state index >= 15 is 0 Å². The van der Waals surface area contributed by atoms with Crippen LogP contribution in [0.15, 0.2) is 144 Å². The van der Waals surface area contributed by atoms with Crippen LogP contribution in [0.25, 0.3) is 89.2 Å². The first-order valence-corrected chi connectivity index (χ1v) is 20.4. The van der Waals surface area contributed by atoms with Crippen molar-refractivity contribution in [2.75, 3.05) is 0 Å². The van der Waals surface area contributed by atoms with E-state index in [1.54, 1.807) is 0 Å². The zero-order valence-corrected chi connectivity index (χ0v) is 37.6. The van der Waals surface area contributed by atoms with Gasteiger partial charge in [0.05, 0.1) is 11.4 Å². The molecule has 0 radical (unpaired) electrons. The number of nitrogens with zero attached hydrogens (tertiary/aromatic N) is 2. The Morgan fingerprint density at radius 3 is 1.80 bits per heavy atom. The maximum Gasteiger partial charge on any atom is 2.00 e. The van der Waals surface area contributed by atoms with E-state index in [1.807, 2.05) is 18.2 Å². The molecule has 3 aromatic heterocycles. The maximum absolute atomic E-state index is 6.58. The molecule has 0 fully saturated rings. The Kier molecular flexibility index (Phi) is 10.7. The Labute approximate surface area is 368 Å². The van der Waals surface area contributed by atoms with Crippen LogP contribution >= 0.6 is 0 Å². The van der Waals surface area contributed by atoms with E-state index in [1.165, 1.54) is 38.9 Å². The fourth-order valence-corrected chi connectivity index (χ4v) is 8.84. The molecule has 0 aliphatic heterocycles. The molecule has 0 bridgehead atoms. The van der Waals surface area contributed by atoms with Gasteiger partial charge in [0, 0.05) is 16.8 Å². The van der Waals surface area contributed by atoms with Crippen LogP contribution in [0.5, 0.6) is 0 Å². The molecule has 9 rings (SSSR count). The van der Waals surface area contributed by atoms with E-state index in [-0.39, 0.29) is 26.5 Å². The Hall–Kier alpha value is -6.15. The van der Waals surface area contributed by atoms with Gasteiger partial charge in [0.25, 0.3) is 0 Å². The largest absolute Gasteiger partial charge is 2.00 e. The number of pyridine rings is 2. The predicted octanol–water partition coefficient (Wildman–Crippen LogP) is 15.3. The summed E-state index contributed by atoms with van der Waals surface area (Å²) in [5.41, 5.74) is 21.7. The fraction of sp³-hybridized carbons (Fsp3) is 0.143. The Morgan fingerprint density at radius 2 is 1.08 bits per heavy atom. The molecule has 298 valence electrons. The van der Waals surface area contributed by atoms with E-state index in [9.17, 15) is 0 Å². The molecule has 60 heavy (non-hydrogen) atoms. The van der Waals surface area contributed by atoms with Crippen molar-refractivity contribution >= 4 is 21.9 Å². The van der Waals surface area contributed by atoms with E-state index in [4.69, 9.17) is 21.3 Å². The van der Waals surface area contributed by atoms with Gasteiger partial charge < -0.3 is 4.42 Å². The molecule has 0 spiro atoms. The minimum Gasteiger partial charge on any atom is -0.458 e. The molecule has 0 saturated heterocycles. The van der Waals surface area contributed by atoms with Crippen LogP contribution in [0.3, 0.4) is 0 Å². The number of fused-ring (bicyclic) bond motifs is 3. The number of hydrogen-bond acceptors (Lipinski definition) is 3. The van der Waals surface area contributed by atoms with Gasteiger partial charge in [0.1, 0.15) is 11.2 Å². The summed E-state index contributed by atoms with van der Waals surface area (Å²) < 4.78 is 6.58. The SMILES string of the molecule is [CH2-]c1ccc(-c2c(C)cc(C(C)(C)C)cc2C)cc1-c1cccc(-c2cc(-c3c(C)cccc3C)cc(-c3cc4oc5ccccc5c4c(-c4ccccc4)c3[CH2-])n2)n1.[Pt+2]. The van der Waals surface area contributed by atoms with E-state index in [2.05, 4.69) is 177 Å². The third kappa shape index (κ3) is 7.26. The molecule has 0 saturated carbocycles. The summed E-state index contributed by atoms with van der Waals surface area (Å²) >= 11 is 0. The standard InChI is InChI=1S/C56H48N2O.Pt/c1-33-25-26-40(53-36(4)27-42(28-37(53)5)56(7,8)9)29-44(33)46-22-16-23-47(57-46)49-31-41(52-34(2)17-15-18-35(52)3)30-48(58-49)45-32-51-55(43-21-13-14-24-50(43)59-51)54(38(45)6)39-19-11-10-12-20-39;/h10-32H,1,6H2,2-5,7-9H3;/q-2;+2. The van der Waals surface area contributed by atoms with Crippen molar-refractivity contribution in [1.82, 2.24) is 9.97 Å². The summed E-state index contributed by atoms with van der Waals surface area (Å²) in [6, 6.07) is 49.1. The zero-order valence-electron chi connectivity index (χ0n) is 35.3. The molecule has 6 aromatic carbocycles. The number of rotatable bonds is 6. The van der Waals surface area contributed by atoms with Crippen molar-refractivity contribution in [2.24, 2.45) is 0 Å². The molecular formula is C56H48N2OPt. The van der Waals surface area contributed by atoms with Crippen molar-refractivity contribution in [2.45, 2.75) is 53.9 Å². The molecule has 3 heterocycles. The van der Waals surface area contributed by atoms with Gasteiger partial charge in [-0.15, -0.1) is 23.3 Å². The number of furan rings is 1. The number of aryl methyl sites for hydroxylation is 4. The minimum atomic E-state index is 0. The number of aromatic nitrogens is 2. The number of para-hydroxylation sites is 1. The summed E-state index contributed by atoms with van der Waals surface area (Å²) in [5.74, 6) is 0. The smallest absolute Gasteiger partial charge is 0.458 e. The topological polar surface area (TPSA) is 38.9 Å². The van der Waals surface area contributed by atoms with Crippen molar-refractivity contribution in [3.63, 3.8) is 0 Å². The van der Waals surface area contributed by atoms with Gasteiger partial charge in [-0.1, -0.05) is 123 Å². The summed E-state index contributed by atoms with van der Waals surface area (Å²) in [7, 11) is 0. The molecule has 0 unspecified atom stereocenters. The number of hydrogen-bond donors (Lipinski definition) is 0. The predicted molar refractivity (Wildman–Crippen MR) is 248 cm³/mol. The fourth-order valence-electron chi connectivity index (χ4n) is 8.84. The van der Waals surface area contributed by atoms with Crippen LogP contribution < -0.4 is 0 Å². The molecule has 4 heteroatoms. The molecule has 0 aliphatic rings. The summed E-state index contributed by atoms with van der Waals surface area (Å²) in [6.45, 7) is 24.8. The van der Waals surface area contributed by atoms with Crippen molar-refractivity contribution < 1.29 is 25.5 Å². The zero-order chi connectivity index (χ0) is 41.2. The Morgan fingerprint density at radius 1 is 0.467 bits per heavy atom. The third-order valence-corrected chi connectivity index (χ3v) is 11.8. The normalized spacial score (nSPS) is 11.6. The molecule has 0 N–H and O–H groups in total. The monoisotopic (exact) mass is 959 g/mol. The second kappa shape index (κ2) is 15.8. The van der Waals surface area contributed by atoms with Crippen LogP contribution in [0.4, 0.5) is 0 Å². The third-order valence-electron chi connectivity index (χ3n) is 11.8. The van der Waals surface area contributed by atoms with Crippen molar-refractivity contribution in [3.8, 4) is 67.3 Å². The molecule has 0 aliphatic carbocycles. The van der Waals surface area contributed by atoms with Crippen LogP contribution in [0, 0.1) is 41.5 Å². The summed E-state index contributed by atoms with van der Waals surface area (Å²) in [6.07, 6.45) is 0. The summed E-state index contributed by atoms with van der Waals surface area (Å²) in [4.78, 5) is 10.8. The first-order chi connectivity index (χ1) is 28.4. The molecule has 9 aromatic rings. The average Bonchev–Trinajstić information content (AvgIpc) is 3.59. The molecule has 0 atom stereocenters. The number of benzene rings is 6. The van der Waals surface area contributed by atoms with Crippen LogP contribution in [0.2, 0.25) is 0 Å². The molecule has 0 amide bonds. The van der Waals surface area contributed by atoms with Crippen molar-refractivity contribution in [1.29, 1.82) is 0 Å². The van der Waals surface area contributed by atoms with Crippen molar-refractivity contribution in [3.05, 3.63) is 192 Å². The molecular weight excluding hydrogens is 912 g/mol. The first-order valence-electron chi connectivity index (χ1n) is 20.4. The second-order valence-corrected chi connectivity index (χ2v) is 17.0. The quantitative estimate of drug-likeness (QED) is 0.156. The van der Waals surface area contributed by atoms with Crippen LogP contribution in [-0.4, -0.2) is 9.97 Å². The van der Waals surface area contributed by atoms with Gasteiger partial charge in [-0.25, -0.2) is 0 Å². The minimum absolute atomic E-state index is 0. The van der Waals surface area contributed by atoms with E-state index in [0.29, 0.717) is 0 Å². The average molecular weight is 960 g/mol. The van der Waals surface area contributed by atoms with E-state index in [0.717, 1.165) is 89.2 Å². The van der Waals surface area contributed by atoms with E-state index < -0.39 is 0 Å². The van der Waals surface area contributed by atoms with Gasteiger partial charge >= 0.3 is 21.1 Å². The van der Waals surface area contributed by atoms with Gasteiger partial charge in [-0.2, -0.15) is 31.0 Å². The van der Waals surface area contributed by atoms with Gasteiger partial charge in [0.15, 0.2) is 0 Å². The van der Waals surface area contributed by atoms with Crippen LogP contribution in [-0.2, 0) is 26.5 Å². The van der Waals surface area contributed by atoms with Gasteiger partial charge in [-0.05, 0) is 119 Å². The van der Waals surface area contributed by atoms with Gasteiger partial charge in [-0.3, -0.25) is 9.97 Å². The summed E-state index contributed by atoms with van der Waals surface area (Å²) in [5, 5.41) is 2.13. The Bertz CT molecular complexity index is 3050. The van der Waals surface area contributed by atoms with Gasteiger partial charge in [0.2, 0.25) is 0 Å². The second-order valence-electron chi connectivity index (χ2n) is 17.0. The Balaban J connectivity index is 0.00000499.